The number of carbonyl (C=O) groups excluding carboxylic acids is 1. The van der Waals surface area contributed by atoms with E-state index in [4.69, 9.17) is 4.74 Å². The molecule has 2 amide bonds. The summed E-state index contributed by atoms with van der Waals surface area (Å²) in [4.78, 5) is 12.0. The highest BCUT2D eigenvalue weighted by atomic mass is 16.5. The number of carbonyl (C=O) groups is 1. The maximum atomic E-state index is 12.0. The zero-order valence-electron chi connectivity index (χ0n) is 12.6. The fourth-order valence-corrected chi connectivity index (χ4v) is 2.06. The third-order valence-corrected chi connectivity index (χ3v) is 3.27. The molecule has 0 aliphatic heterocycles. The summed E-state index contributed by atoms with van der Waals surface area (Å²) in [5.74, 6) is 0.768. The van der Waals surface area contributed by atoms with Gasteiger partial charge in [0.15, 0.2) is 0 Å². The van der Waals surface area contributed by atoms with E-state index < -0.39 is 0 Å². The summed E-state index contributed by atoms with van der Waals surface area (Å²) in [5.41, 5.74) is 3.91. The Morgan fingerprint density at radius 3 is 2.67 bits per heavy atom. The number of benzene rings is 2. The standard InChI is InChI=1S/C17H20N2O2/c1-12-8-9-13(2)15(10-12)19-17(20)18-11-14-6-4-5-7-16(14)21-3/h4-10H,11H2,1-3H3,(H2,18,19,20). The van der Waals surface area contributed by atoms with Gasteiger partial charge in [-0.3, -0.25) is 0 Å². The lowest BCUT2D eigenvalue weighted by molar-refractivity contribution is 0.251. The van der Waals surface area contributed by atoms with Crippen LogP contribution in [0.15, 0.2) is 42.5 Å². The first kappa shape index (κ1) is 14.9. The number of aryl methyl sites for hydroxylation is 2. The van der Waals surface area contributed by atoms with Crippen LogP contribution in [0.5, 0.6) is 5.75 Å². The molecule has 0 aromatic heterocycles. The summed E-state index contributed by atoms with van der Waals surface area (Å²) >= 11 is 0. The average molecular weight is 284 g/mol. The van der Waals surface area contributed by atoms with Crippen molar-refractivity contribution < 1.29 is 9.53 Å². The molecule has 2 aromatic rings. The van der Waals surface area contributed by atoms with Crippen LogP contribution in [0.3, 0.4) is 0 Å². The summed E-state index contributed by atoms with van der Waals surface area (Å²) in [7, 11) is 1.62. The Morgan fingerprint density at radius 1 is 1.14 bits per heavy atom. The lowest BCUT2D eigenvalue weighted by Crippen LogP contribution is -2.28. The second-order valence-electron chi connectivity index (χ2n) is 4.94. The lowest BCUT2D eigenvalue weighted by Gasteiger charge is -2.12. The molecule has 0 radical (unpaired) electrons. The minimum Gasteiger partial charge on any atom is -0.496 e. The van der Waals surface area contributed by atoms with Gasteiger partial charge in [-0.15, -0.1) is 0 Å². The molecular weight excluding hydrogens is 264 g/mol. The second-order valence-corrected chi connectivity index (χ2v) is 4.94. The average Bonchev–Trinajstić information content (AvgIpc) is 2.49. The van der Waals surface area contributed by atoms with Gasteiger partial charge in [0, 0.05) is 17.8 Å². The zero-order chi connectivity index (χ0) is 15.2. The van der Waals surface area contributed by atoms with Crippen molar-refractivity contribution in [3.8, 4) is 5.75 Å². The molecule has 110 valence electrons. The van der Waals surface area contributed by atoms with E-state index in [-0.39, 0.29) is 6.03 Å². The molecular formula is C17H20N2O2. The molecule has 0 aliphatic rings. The molecule has 2 N–H and O–H groups in total. The number of anilines is 1. The zero-order valence-corrected chi connectivity index (χ0v) is 12.6. The molecule has 0 atom stereocenters. The summed E-state index contributed by atoms with van der Waals surface area (Å²) in [5, 5.41) is 5.71. The maximum Gasteiger partial charge on any atom is 0.319 e. The number of urea groups is 1. The van der Waals surface area contributed by atoms with Crippen LogP contribution in [-0.4, -0.2) is 13.1 Å². The van der Waals surface area contributed by atoms with Gasteiger partial charge in [-0.05, 0) is 37.1 Å². The summed E-state index contributed by atoms with van der Waals surface area (Å²) in [6.07, 6.45) is 0. The number of ether oxygens (including phenoxy) is 1. The number of amides is 2. The number of para-hydroxylation sites is 1. The number of methoxy groups -OCH3 is 1. The molecule has 2 aromatic carbocycles. The van der Waals surface area contributed by atoms with Crippen molar-refractivity contribution >= 4 is 11.7 Å². The predicted molar refractivity (Wildman–Crippen MR) is 84.8 cm³/mol. The van der Waals surface area contributed by atoms with Crippen LogP contribution in [0.2, 0.25) is 0 Å². The van der Waals surface area contributed by atoms with Gasteiger partial charge in [-0.25, -0.2) is 4.79 Å². The monoisotopic (exact) mass is 284 g/mol. The van der Waals surface area contributed by atoms with E-state index in [1.165, 1.54) is 0 Å². The van der Waals surface area contributed by atoms with Crippen LogP contribution in [0.1, 0.15) is 16.7 Å². The van der Waals surface area contributed by atoms with E-state index in [1.807, 2.05) is 56.3 Å². The maximum absolute atomic E-state index is 12.0. The molecule has 0 heterocycles. The molecule has 0 saturated heterocycles. The first-order chi connectivity index (χ1) is 10.1. The highest BCUT2D eigenvalue weighted by Gasteiger charge is 2.06. The van der Waals surface area contributed by atoms with E-state index >= 15 is 0 Å². The highest BCUT2D eigenvalue weighted by molar-refractivity contribution is 5.90. The minimum absolute atomic E-state index is 0.227. The Balaban J connectivity index is 1.97. The molecule has 4 nitrogen and oxygen atoms in total. The Kier molecular flexibility index (Phi) is 4.82. The first-order valence-corrected chi connectivity index (χ1v) is 6.84. The summed E-state index contributed by atoms with van der Waals surface area (Å²) < 4.78 is 5.26. The van der Waals surface area contributed by atoms with Crippen LogP contribution >= 0.6 is 0 Å². The van der Waals surface area contributed by atoms with E-state index in [9.17, 15) is 4.79 Å². The van der Waals surface area contributed by atoms with Gasteiger partial charge in [-0.1, -0.05) is 30.3 Å². The van der Waals surface area contributed by atoms with E-state index in [0.717, 1.165) is 28.1 Å². The van der Waals surface area contributed by atoms with Gasteiger partial charge in [0.2, 0.25) is 0 Å². The van der Waals surface area contributed by atoms with Crippen molar-refractivity contribution in [1.29, 1.82) is 0 Å². The van der Waals surface area contributed by atoms with Crippen molar-refractivity contribution in [1.82, 2.24) is 5.32 Å². The highest BCUT2D eigenvalue weighted by Crippen LogP contribution is 2.18. The van der Waals surface area contributed by atoms with Crippen molar-refractivity contribution in [2.24, 2.45) is 0 Å². The van der Waals surface area contributed by atoms with Gasteiger partial charge >= 0.3 is 6.03 Å². The molecule has 0 unspecified atom stereocenters. The normalized spacial score (nSPS) is 10.0. The molecule has 2 rings (SSSR count). The van der Waals surface area contributed by atoms with Crippen LogP contribution in [0.4, 0.5) is 10.5 Å². The Bertz CT molecular complexity index is 638. The fourth-order valence-electron chi connectivity index (χ4n) is 2.06. The van der Waals surface area contributed by atoms with Gasteiger partial charge in [0.1, 0.15) is 5.75 Å². The molecule has 0 aliphatic carbocycles. The van der Waals surface area contributed by atoms with Gasteiger partial charge in [-0.2, -0.15) is 0 Å². The quantitative estimate of drug-likeness (QED) is 0.900. The van der Waals surface area contributed by atoms with Gasteiger partial charge in [0.05, 0.1) is 7.11 Å². The van der Waals surface area contributed by atoms with E-state index in [0.29, 0.717) is 6.54 Å². The van der Waals surface area contributed by atoms with Crippen LogP contribution in [0, 0.1) is 13.8 Å². The molecule has 21 heavy (non-hydrogen) atoms. The minimum atomic E-state index is -0.227. The van der Waals surface area contributed by atoms with Gasteiger partial charge < -0.3 is 15.4 Å². The van der Waals surface area contributed by atoms with Crippen molar-refractivity contribution in [2.45, 2.75) is 20.4 Å². The third kappa shape index (κ3) is 3.99. The molecule has 0 bridgehead atoms. The molecule has 0 saturated carbocycles. The smallest absolute Gasteiger partial charge is 0.319 e. The number of hydrogen-bond donors (Lipinski definition) is 2. The predicted octanol–water partition coefficient (Wildman–Crippen LogP) is 3.63. The van der Waals surface area contributed by atoms with Crippen molar-refractivity contribution in [3.63, 3.8) is 0 Å². The Morgan fingerprint density at radius 2 is 1.90 bits per heavy atom. The second kappa shape index (κ2) is 6.79. The number of rotatable bonds is 4. The Labute approximate surface area is 125 Å². The number of hydrogen-bond acceptors (Lipinski definition) is 2. The van der Waals surface area contributed by atoms with Crippen molar-refractivity contribution in [2.75, 3.05) is 12.4 Å². The number of nitrogens with one attached hydrogen (secondary N) is 2. The van der Waals surface area contributed by atoms with E-state index in [2.05, 4.69) is 10.6 Å². The molecule has 4 heteroatoms. The first-order valence-electron chi connectivity index (χ1n) is 6.84. The topological polar surface area (TPSA) is 50.4 Å². The summed E-state index contributed by atoms with van der Waals surface area (Å²) in [6, 6.07) is 13.4. The lowest BCUT2D eigenvalue weighted by atomic mass is 10.1. The fraction of sp³-hybridized carbons (Fsp3) is 0.235. The molecule has 0 spiro atoms. The van der Waals surface area contributed by atoms with Crippen LogP contribution in [0.25, 0.3) is 0 Å². The van der Waals surface area contributed by atoms with Crippen LogP contribution < -0.4 is 15.4 Å². The van der Waals surface area contributed by atoms with Crippen LogP contribution in [-0.2, 0) is 6.54 Å². The third-order valence-electron chi connectivity index (χ3n) is 3.27. The Hall–Kier alpha value is -2.49. The van der Waals surface area contributed by atoms with E-state index in [1.54, 1.807) is 7.11 Å². The SMILES string of the molecule is COc1ccccc1CNC(=O)Nc1cc(C)ccc1C. The largest absolute Gasteiger partial charge is 0.496 e. The van der Waals surface area contributed by atoms with Crippen molar-refractivity contribution in [3.05, 3.63) is 59.2 Å². The summed E-state index contributed by atoms with van der Waals surface area (Å²) in [6.45, 7) is 4.38. The van der Waals surface area contributed by atoms with Gasteiger partial charge in [0.25, 0.3) is 0 Å². The molecule has 0 fully saturated rings.